The van der Waals surface area contributed by atoms with E-state index in [4.69, 9.17) is 0 Å². The van der Waals surface area contributed by atoms with Crippen LogP contribution in [0.1, 0.15) is 31.4 Å². The fraction of sp³-hybridized carbons (Fsp3) is 0.462. The summed E-state index contributed by atoms with van der Waals surface area (Å²) in [4.78, 5) is 11.5. The third-order valence-corrected chi connectivity index (χ3v) is 2.10. The third-order valence-electron chi connectivity index (χ3n) is 2.10. The summed E-state index contributed by atoms with van der Waals surface area (Å²) < 4.78 is 0. The molecule has 0 aromatic heterocycles. The van der Waals surface area contributed by atoms with E-state index in [1.807, 2.05) is 39.8 Å². The third kappa shape index (κ3) is 4.15. The lowest BCUT2D eigenvalue weighted by atomic mass is 10.1. The second-order valence-electron chi connectivity index (χ2n) is 4.52. The molecule has 0 bridgehead atoms. The van der Waals surface area contributed by atoms with Crippen molar-refractivity contribution in [1.29, 1.82) is 0 Å². The fourth-order valence-corrected chi connectivity index (χ4v) is 1.63. The van der Waals surface area contributed by atoms with Crippen molar-refractivity contribution >= 4 is 11.6 Å². The molecule has 0 saturated heterocycles. The Labute approximate surface area is 91.7 Å². The fourth-order valence-electron chi connectivity index (χ4n) is 1.63. The lowest BCUT2D eigenvalue weighted by Gasteiger charge is -2.08. The average Bonchev–Trinajstić information content (AvgIpc) is 1.98. The van der Waals surface area contributed by atoms with Crippen LogP contribution in [0.3, 0.4) is 0 Å². The second kappa shape index (κ2) is 4.96. The van der Waals surface area contributed by atoms with Gasteiger partial charge in [-0.1, -0.05) is 19.9 Å². The van der Waals surface area contributed by atoms with E-state index in [-0.39, 0.29) is 5.91 Å². The summed E-state index contributed by atoms with van der Waals surface area (Å²) in [6.45, 7) is 8.15. The van der Waals surface area contributed by atoms with Crippen LogP contribution in [0.2, 0.25) is 0 Å². The van der Waals surface area contributed by atoms with Gasteiger partial charge in [-0.3, -0.25) is 4.79 Å². The van der Waals surface area contributed by atoms with Crippen molar-refractivity contribution in [3.8, 4) is 0 Å². The van der Waals surface area contributed by atoms with Crippen molar-refractivity contribution in [1.82, 2.24) is 0 Å². The lowest BCUT2D eigenvalue weighted by molar-refractivity contribution is -0.116. The minimum atomic E-state index is 0.0926. The van der Waals surface area contributed by atoms with Crippen molar-refractivity contribution < 1.29 is 4.79 Å². The first-order chi connectivity index (χ1) is 6.97. The molecule has 0 aliphatic carbocycles. The minimum absolute atomic E-state index is 0.0926. The Morgan fingerprint density at radius 1 is 1.20 bits per heavy atom. The predicted molar refractivity (Wildman–Crippen MR) is 64.0 cm³/mol. The molecule has 15 heavy (non-hydrogen) atoms. The molecule has 0 unspecified atom stereocenters. The summed E-state index contributed by atoms with van der Waals surface area (Å²) in [5.41, 5.74) is 3.25. The lowest BCUT2D eigenvalue weighted by Crippen LogP contribution is -2.13. The summed E-state index contributed by atoms with van der Waals surface area (Å²) in [6, 6.07) is 6.08. The molecular weight excluding hydrogens is 186 g/mol. The Morgan fingerprint density at radius 2 is 1.73 bits per heavy atom. The summed E-state index contributed by atoms with van der Waals surface area (Å²) in [5.74, 6) is 0.492. The number of carbonyl (C=O) groups excluding carboxylic acids is 1. The highest BCUT2D eigenvalue weighted by atomic mass is 16.1. The highest BCUT2D eigenvalue weighted by Gasteiger charge is 2.05. The summed E-state index contributed by atoms with van der Waals surface area (Å²) in [7, 11) is 0. The van der Waals surface area contributed by atoms with Crippen LogP contribution < -0.4 is 5.32 Å². The highest BCUT2D eigenvalue weighted by molar-refractivity contribution is 5.90. The standard InChI is InChI=1S/C13H19NO/c1-9(2)5-13(15)14-12-7-10(3)6-11(4)8-12/h6-9H,5H2,1-4H3,(H,14,15). The SMILES string of the molecule is Cc1cc(C)cc(NC(=O)CC(C)C)c1. The van der Waals surface area contributed by atoms with Crippen LogP contribution in [0.4, 0.5) is 5.69 Å². The zero-order valence-electron chi connectivity index (χ0n) is 9.92. The number of benzene rings is 1. The van der Waals surface area contributed by atoms with Gasteiger partial charge < -0.3 is 5.32 Å². The molecule has 2 heteroatoms. The maximum absolute atomic E-state index is 11.5. The van der Waals surface area contributed by atoms with Crippen LogP contribution in [0.25, 0.3) is 0 Å². The van der Waals surface area contributed by atoms with Gasteiger partial charge in [0.1, 0.15) is 0 Å². The molecule has 1 aromatic rings. The number of aryl methyl sites for hydroxylation is 2. The number of anilines is 1. The van der Waals surface area contributed by atoms with E-state index in [1.54, 1.807) is 0 Å². The van der Waals surface area contributed by atoms with Crippen molar-refractivity contribution in [2.45, 2.75) is 34.1 Å². The smallest absolute Gasteiger partial charge is 0.224 e. The molecule has 1 aromatic carbocycles. The Hall–Kier alpha value is -1.31. The second-order valence-corrected chi connectivity index (χ2v) is 4.52. The summed E-state index contributed by atoms with van der Waals surface area (Å²) in [5, 5.41) is 2.92. The predicted octanol–water partition coefficient (Wildman–Crippen LogP) is 3.29. The van der Waals surface area contributed by atoms with Gasteiger partial charge in [-0.2, -0.15) is 0 Å². The van der Waals surface area contributed by atoms with E-state index >= 15 is 0 Å². The molecule has 0 radical (unpaired) electrons. The van der Waals surface area contributed by atoms with Crippen LogP contribution >= 0.6 is 0 Å². The average molecular weight is 205 g/mol. The topological polar surface area (TPSA) is 29.1 Å². The van der Waals surface area contributed by atoms with E-state index in [0.29, 0.717) is 12.3 Å². The zero-order chi connectivity index (χ0) is 11.4. The van der Waals surface area contributed by atoms with Gasteiger partial charge in [-0.15, -0.1) is 0 Å². The van der Waals surface area contributed by atoms with Crippen molar-refractivity contribution in [2.75, 3.05) is 5.32 Å². The number of rotatable bonds is 3. The molecule has 0 fully saturated rings. The van der Waals surface area contributed by atoms with E-state index in [9.17, 15) is 4.79 Å². The molecule has 0 aliphatic rings. The molecule has 0 spiro atoms. The zero-order valence-corrected chi connectivity index (χ0v) is 9.92. The van der Waals surface area contributed by atoms with Crippen molar-refractivity contribution in [3.63, 3.8) is 0 Å². The van der Waals surface area contributed by atoms with Gasteiger partial charge in [0.25, 0.3) is 0 Å². The van der Waals surface area contributed by atoms with Crippen LogP contribution in [-0.2, 0) is 4.79 Å². The van der Waals surface area contributed by atoms with Crippen LogP contribution in [0.5, 0.6) is 0 Å². The van der Waals surface area contributed by atoms with Crippen LogP contribution in [0, 0.1) is 19.8 Å². The van der Waals surface area contributed by atoms with Crippen LogP contribution in [0.15, 0.2) is 18.2 Å². The monoisotopic (exact) mass is 205 g/mol. The van der Waals surface area contributed by atoms with Crippen molar-refractivity contribution in [2.24, 2.45) is 5.92 Å². The number of hydrogen-bond donors (Lipinski definition) is 1. The highest BCUT2D eigenvalue weighted by Crippen LogP contribution is 2.14. The van der Waals surface area contributed by atoms with Gasteiger partial charge >= 0.3 is 0 Å². The molecule has 0 heterocycles. The van der Waals surface area contributed by atoms with E-state index in [1.165, 1.54) is 11.1 Å². The first kappa shape index (κ1) is 11.8. The number of amides is 1. The Balaban J connectivity index is 2.68. The Morgan fingerprint density at radius 3 is 2.20 bits per heavy atom. The van der Waals surface area contributed by atoms with E-state index in [2.05, 4.69) is 11.4 Å². The van der Waals surface area contributed by atoms with E-state index in [0.717, 1.165) is 5.69 Å². The van der Waals surface area contributed by atoms with Gasteiger partial charge in [0.2, 0.25) is 5.91 Å². The molecule has 0 aliphatic heterocycles. The summed E-state index contributed by atoms with van der Waals surface area (Å²) in [6.07, 6.45) is 0.576. The van der Waals surface area contributed by atoms with Gasteiger partial charge in [0.05, 0.1) is 0 Å². The summed E-state index contributed by atoms with van der Waals surface area (Å²) >= 11 is 0. The molecule has 0 saturated carbocycles. The first-order valence-corrected chi connectivity index (χ1v) is 5.35. The maximum atomic E-state index is 11.5. The van der Waals surface area contributed by atoms with Gasteiger partial charge in [0, 0.05) is 12.1 Å². The Kier molecular flexibility index (Phi) is 3.89. The Bertz CT molecular complexity index is 335. The quantitative estimate of drug-likeness (QED) is 0.806. The largest absolute Gasteiger partial charge is 0.326 e. The van der Waals surface area contributed by atoms with Gasteiger partial charge in [-0.25, -0.2) is 0 Å². The number of nitrogens with one attached hydrogen (secondary N) is 1. The number of carbonyl (C=O) groups is 1. The van der Waals surface area contributed by atoms with Gasteiger partial charge in [-0.05, 0) is 43.0 Å². The molecule has 1 rings (SSSR count). The molecular formula is C13H19NO. The molecule has 1 N–H and O–H groups in total. The van der Waals surface area contributed by atoms with Crippen LogP contribution in [-0.4, -0.2) is 5.91 Å². The molecule has 82 valence electrons. The van der Waals surface area contributed by atoms with Gasteiger partial charge in [0.15, 0.2) is 0 Å². The van der Waals surface area contributed by atoms with E-state index < -0.39 is 0 Å². The maximum Gasteiger partial charge on any atom is 0.224 e. The number of hydrogen-bond acceptors (Lipinski definition) is 1. The molecule has 0 atom stereocenters. The van der Waals surface area contributed by atoms with Crippen molar-refractivity contribution in [3.05, 3.63) is 29.3 Å². The first-order valence-electron chi connectivity index (χ1n) is 5.35. The normalized spacial score (nSPS) is 10.5. The molecule has 1 amide bonds. The minimum Gasteiger partial charge on any atom is -0.326 e. The molecule has 2 nitrogen and oxygen atoms in total.